The Morgan fingerprint density at radius 2 is 0.617 bits per heavy atom. The van der Waals surface area contributed by atoms with Crippen molar-refractivity contribution in [3.05, 3.63) is 119 Å². The van der Waals surface area contributed by atoms with Gasteiger partial charge in [-0.1, -0.05) is 84.6 Å². The van der Waals surface area contributed by atoms with Crippen molar-refractivity contribution >= 4 is 40.1 Å². The molecule has 4 rings (SSSR count). The number of unbranched alkanes of at least 4 members (excludes halogenated alkanes) is 1. The number of sulfonamides is 4. The van der Waals surface area contributed by atoms with E-state index in [1.165, 1.54) is 17.2 Å². The summed E-state index contributed by atoms with van der Waals surface area (Å²) in [6.45, 7) is 15.1. The third-order valence-corrected chi connectivity index (χ3v) is 18.9. The summed E-state index contributed by atoms with van der Waals surface area (Å²) in [6, 6.07) is 25.3. The Hall–Kier alpha value is -3.48. The molecule has 0 spiro atoms. The summed E-state index contributed by atoms with van der Waals surface area (Å²) < 4.78 is 117. The predicted molar refractivity (Wildman–Crippen MR) is 239 cm³/mol. The molecule has 0 saturated carbocycles. The fraction of sp³-hybridized carbons (Fsp3) is 0.455. The van der Waals surface area contributed by atoms with Gasteiger partial charge in [0.1, 0.15) is 0 Å². The molecule has 16 heteroatoms. The molecule has 60 heavy (non-hydrogen) atoms. The van der Waals surface area contributed by atoms with Crippen LogP contribution in [0.4, 0.5) is 0 Å². The molecule has 12 nitrogen and oxygen atoms in total. The van der Waals surface area contributed by atoms with Gasteiger partial charge in [-0.15, -0.1) is 0 Å². The van der Waals surface area contributed by atoms with Gasteiger partial charge in [-0.25, -0.2) is 33.7 Å². The molecular weight excluding hydrogens is 841 g/mol. The van der Waals surface area contributed by atoms with Gasteiger partial charge in [0.2, 0.25) is 40.1 Å². The lowest BCUT2D eigenvalue weighted by atomic mass is 10.2. The normalized spacial score (nSPS) is 14.0. The Balaban J connectivity index is 1.55. The van der Waals surface area contributed by atoms with Crippen molar-refractivity contribution in [3.63, 3.8) is 0 Å². The maximum absolute atomic E-state index is 14.1. The van der Waals surface area contributed by atoms with E-state index < -0.39 is 52.2 Å². The van der Waals surface area contributed by atoms with Gasteiger partial charge in [0.25, 0.3) is 0 Å². The van der Waals surface area contributed by atoms with Crippen LogP contribution in [-0.2, 0) is 40.1 Å². The van der Waals surface area contributed by atoms with Crippen LogP contribution >= 0.6 is 0 Å². The van der Waals surface area contributed by atoms with Gasteiger partial charge < -0.3 is 0 Å². The first-order valence-corrected chi connectivity index (χ1v) is 26.2. The molecule has 0 amide bonds. The average molecular weight is 903 g/mol. The highest BCUT2D eigenvalue weighted by atomic mass is 32.2. The molecule has 2 unspecified atom stereocenters. The smallest absolute Gasteiger partial charge is 0.207 e. The molecule has 2 atom stereocenters. The molecule has 0 radical (unpaired) electrons. The second kappa shape index (κ2) is 21.1. The van der Waals surface area contributed by atoms with E-state index in [1.807, 2.05) is 27.7 Å². The predicted octanol–water partition coefficient (Wildman–Crippen LogP) is 7.36. The molecule has 4 aromatic carbocycles. The molecule has 0 bridgehead atoms. The minimum absolute atomic E-state index is 0.0303. The van der Waals surface area contributed by atoms with Crippen LogP contribution in [0.3, 0.4) is 0 Å². The SMILES string of the molecule is CCN(C(C)CCN(CCCCN(CCC(C)N(CC)S(=O)(=O)c1ccc(C)cc1)S(=O)(=O)c1ccc(C)cc1)S(=O)(=O)c1ccc(C)cc1)S(=O)(=O)c1ccc(C)cc1. The van der Waals surface area contributed by atoms with Crippen molar-refractivity contribution in [2.24, 2.45) is 0 Å². The minimum atomic E-state index is -4.02. The third kappa shape index (κ3) is 12.1. The highest BCUT2D eigenvalue weighted by Gasteiger charge is 2.32. The molecule has 0 aromatic heterocycles. The first kappa shape index (κ1) is 49.2. The van der Waals surface area contributed by atoms with Gasteiger partial charge in [0.15, 0.2) is 0 Å². The van der Waals surface area contributed by atoms with Crippen molar-refractivity contribution in [1.29, 1.82) is 0 Å². The van der Waals surface area contributed by atoms with Crippen LogP contribution in [0.2, 0.25) is 0 Å². The molecule has 0 aliphatic heterocycles. The van der Waals surface area contributed by atoms with Gasteiger partial charge in [-0.3, -0.25) is 0 Å². The van der Waals surface area contributed by atoms with Gasteiger partial charge in [0, 0.05) is 51.4 Å². The lowest BCUT2D eigenvalue weighted by Crippen LogP contribution is -2.42. The van der Waals surface area contributed by atoms with E-state index in [4.69, 9.17) is 0 Å². The quantitative estimate of drug-likeness (QED) is 0.0702. The van der Waals surface area contributed by atoms with Gasteiger partial charge in [0.05, 0.1) is 19.6 Å². The van der Waals surface area contributed by atoms with Crippen molar-refractivity contribution in [3.8, 4) is 0 Å². The second-order valence-electron chi connectivity index (χ2n) is 15.5. The van der Waals surface area contributed by atoms with E-state index in [2.05, 4.69) is 0 Å². The Labute approximate surface area is 360 Å². The monoisotopic (exact) mass is 902 g/mol. The summed E-state index contributed by atoms with van der Waals surface area (Å²) >= 11 is 0. The molecule has 0 saturated heterocycles. The number of hydrogen-bond donors (Lipinski definition) is 0. The number of aryl methyl sites for hydroxylation is 4. The molecule has 0 aliphatic carbocycles. The zero-order chi connectivity index (χ0) is 44.5. The number of nitrogens with zero attached hydrogens (tertiary/aromatic N) is 4. The molecular formula is C44H62N4O8S4. The first-order chi connectivity index (χ1) is 28.2. The summed E-state index contributed by atoms with van der Waals surface area (Å²) in [5, 5.41) is 0. The van der Waals surface area contributed by atoms with Crippen LogP contribution < -0.4 is 0 Å². The van der Waals surface area contributed by atoms with E-state index in [0.29, 0.717) is 12.8 Å². The fourth-order valence-electron chi connectivity index (χ4n) is 7.08. The van der Waals surface area contributed by atoms with Crippen LogP contribution in [0.25, 0.3) is 0 Å². The third-order valence-electron chi connectivity index (χ3n) is 10.8. The Kier molecular flexibility index (Phi) is 17.3. The average Bonchev–Trinajstić information content (AvgIpc) is 3.19. The largest absolute Gasteiger partial charge is 0.243 e. The lowest BCUT2D eigenvalue weighted by molar-refractivity contribution is 0.291. The second-order valence-corrected chi connectivity index (χ2v) is 23.1. The standard InChI is InChI=1S/C44H62N4O8S4/c1-9-47(59(53,54)43-25-17-37(5)18-26-43)39(7)29-33-45(57(49,50)41-21-13-35(3)14-22-41)31-11-12-32-46(58(51,52)42-23-15-36(4)16-24-42)34-30-40(8)48(10-2)60(55,56)44-27-19-38(6)20-28-44/h13-28,39-40H,9-12,29-34H2,1-8H3. The number of hydrogen-bond acceptors (Lipinski definition) is 8. The Morgan fingerprint density at radius 1 is 0.383 bits per heavy atom. The van der Waals surface area contributed by atoms with Crippen molar-refractivity contribution in [1.82, 2.24) is 17.2 Å². The van der Waals surface area contributed by atoms with Crippen molar-refractivity contribution in [2.75, 3.05) is 39.3 Å². The van der Waals surface area contributed by atoms with Crippen LogP contribution in [-0.4, -0.2) is 102 Å². The summed E-state index contributed by atoms with van der Waals surface area (Å²) in [6.07, 6.45) is 1.04. The molecule has 330 valence electrons. The molecule has 0 fully saturated rings. The van der Waals surface area contributed by atoms with Crippen LogP contribution in [0, 0.1) is 27.7 Å². The molecule has 0 aliphatic rings. The Morgan fingerprint density at radius 3 is 0.850 bits per heavy atom. The van der Waals surface area contributed by atoms with E-state index >= 15 is 0 Å². The minimum Gasteiger partial charge on any atom is -0.207 e. The van der Waals surface area contributed by atoms with Gasteiger partial charge in [-0.05, 0) is 116 Å². The van der Waals surface area contributed by atoms with Crippen molar-refractivity contribution in [2.45, 2.75) is 113 Å². The maximum atomic E-state index is 14.1. The van der Waals surface area contributed by atoms with Gasteiger partial charge in [-0.2, -0.15) is 17.2 Å². The lowest BCUT2D eigenvalue weighted by Gasteiger charge is -2.30. The topological polar surface area (TPSA) is 150 Å². The van der Waals surface area contributed by atoms with Crippen molar-refractivity contribution < 1.29 is 33.7 Å². The summed E-state index contributed by atoms with van der Waals surface area (Å²) in [7, 11) is -15.7. The van der Waals surface area contributed by atoms with Crippen LogP contribution in [0.1, 0.15) is 75.6 Å². The molecule has 0 heterocycles. The highest BCUT2D eigenvalue weighted by Crippen LogP contribution is 2.25. The zero-order valence-electron chi connectivity index (χ0n) is 36.2. The highest BCUT2D eigenvalue weighted by molar-refractivity contribution is 7.90. The Bertz CT molecular complexity index is 2270. The van der Waals surface area contributed by atoms with Crippen LogP contribution in [0.15, 0.2) is 117 Å². The van der Waals surface area contributed by atoms with E-state index in [1.54, 1.807) is 125 Å². The van der Waals surface area contributed by atoms with E-state index in [9.17, 15) is 33.7 Å². The van der Waals surface area contributed by atoms with Gasteiger partial charge >= 0.3 is 0 Å². The fourth-order valence-corrected chi connectivity index (χ4v) is 13.4. The molecule has 4 aromatic rings. The number of benzene rings is 4. The summed E-state index contributed by atoms with van der Waals surface area (Å²) in [4.78, 5) is 0.555. The maximum Gasteiger partial charge on any atom is 0.243 e. The zero-order valence-corrected chi connectivity index (χ0v) is 39.4. The summed E-state index contributed by atoms with van der Waals surface area (Å²) in [5.74, 6) is 0. The van der Waals surface area contributed by atoms with E-state index in [0.717, 1.165) is 22.3 Å². The molecule has 0 N–H and O–H groups in total. The number of rotatable bonds is 23. The van der Waals surface area contributed by atoms with E-state index in [-0.39, 0.29) is 71.7 Å². The van der Waals surface area contributed by atoms with Crippen LogP contribution in [0.5, 0.6) is 0 Å². The summed E-state index contributed by atoms with van der Waals surface area (Å²) in [5.41, 5.74) is 3.65. The first-order valence-electron chi connectivity index (χ1n) is 20.5.